The van der Waals surface area contributed by atoms with Crippen molar-refractivity contribution in [2.75, 3.05) is 5.32 Å². The van der Waals surface area contributed by atoms with Gasteiger partial charge in [0.1, 0.15) is 5.01 Å². The first kappa shape index (κ1) is 19.5. The summed E-state index contributed by atoms with van der Waals surface area (Å²) in [6.45, 7) is 4.11. The Balaban J connectivity index is 1.50. The average Bonchev–Trinajstić information content (AvgIpc) is 3.35. The minimum Gasteiger partial charge on any atom is -0.296 e. The zero-order chi connectivity index (χ0) is 21.3. The molecule has 0 spiro atoms. The van der Waals surface area contributed by atoms with E-state index in [4.69, 9.17) is 0 Å². The smallest absolute Gasteiger partial charge is 0.296 e. The van der Waals surface area contributed by atoms with Crippen LogP contribution in [0.5, 0.6) is 0 Å². The van der Waals surface area contributed by atoms with Crippen molar-refractivity contribution in [2.24, 2.45) is 0 Å². The summed E-state index contributed by atoms with van der Waals surface area (Å²) in [5.41, 5.74) is 0.380. The van der Waals surface area contributed by atoms with Gasteiger partial charge in [0.15, 0.2) is 0 Å². The number of amides is 1. The summed E-state index contributed by atoms with van der Waals surface area (Å²) in [4.78, 5) is 37.5. The Kier molecular flexibility index (Phi) is 4.92. The van der Waals surface area contributed by atoms with Gasteiger partial charge in [-0.25, -0.2) is 19.4 Å². The molecule has 0 saturated carbocycles. The Morgan fingerprint density at radius 1 is 1.03 bits per heavy atom. The third-order valence-corrected chi connectivity index (χ3v) is 5.86. The monoisotopic (exact) mass is 422 g/mol. The fraction of sp³-hybridized carbons (Fsp3) is 0.150. The fourth-order valence-electron chi connectivity index (χ4n) is 2.95. The standard InChI is InChI=1S/C20H18N6O3S/c1-20(2,13-6-4-3-5-7-13)16-23-24-18(30-16)21-15(27)12-8-10-14(11-9-12)26-19(29)22-17(28)25-26/h3-11H,1-2H3,(H,21,24,27)(H2,22,25,28,29). The van der Waals surface area contributed by atoms with Crippen LogP contribution < -0.4 is 16.7 Å². The molecule has 0 aliphatic carbocycles. The molecule has 4 rings (SSSR count). The summed E-state index contributed by atoms with van der Waals surface area (Å²) in [5.74, 6) is -0.350. The molecule has 0 radical (unpaired) electrons. The maximum absolute atomic E-state index is 12.6. The largest absolute Gasteiger partial charge is 0.349 e. The minimum absolute atomic E-state index is 0.343. The number of anilines is 1. The highest BCUT2D eigenvalue weighted by Crippen LogP contribution is 2.34. The third kappa shape index (κ3) is 3.72. The maximum Gasteiger partial charge on any atom is 0.349 e. The van der Waals surface area contributed by atoms with Gasteiger partial charge in [0.2, 0.25) is 5.13 Å². The molecule has 9 nitrogen and oxygen atoms in total. The molecule has 0 bridgehead atoms. The molecule has 0 unspecified atom stereocenters. The van der Waals surface area contributed by atoms with E-state index < -0.39 is 11.4 Å². The molecule has 0 atom stereocenters. The Bertz CT molecular complexity index is 1300. The molecule has 2 aromatic heterocycles. The van der Waals surface area contributed by atoms with E-state index in [9.17, 15) is 14.4 Å². The van der Waals surface area contributed by atoms with E-state index in [1.165, 1.54) is 11.3 Å². The van der Waals surface area contributed by atoms with E-state index in [-0.39, 0.29) is 11.3 Å². The highest BCUT2D eigenvalue weighted by Gasteiger charge is 2.27. The lowest BCUT2D eigenvalue weighted by molar-refractivity contribution is 0.102. The first-order valence-electron chi connectivity index (χ1n) is 9.07. The van der Waals surface area contributed by atoms with Crippen LogP contribution in [-0.4, -0.2) is 30.9 Å². The van der Waals surface area contributed by atoms with Crippen LogP contribution in [-0.2, 0) is 5.41 Å². The van der Waals surface area contributed by atoms with Gasteiger partial charge in [-0.05, 0) is 43.7 Å². The number of benzene rings is 2. The van der Waals surface area contributed by atoms with Crippen molar-refractivity contribution in [2.45, 2.75) is 19.3 Å². The molecular formula is C20H18N6O3S. The summed E-state index contributed by atoms with van der Waals surface area (Å²) in [7, 11) is 0. The molecule has 3 N–H and O–H groups in total. The molecule has 152 valence electrons. The van der Waals surface area contributed by atoms with Gasteiger partial charge in [-0.1, -0.05) is 41.7 Å². The predicted octanol–water partition coefficient (Wildman–Crippen LogP) is 2.28. The molecule has 0 fully saturated rings. The number of nitrogens with zero attached hydrogens (tertiary/aromatic N) is 3. The normalized spacial score (nSPS) is 11.4. The van der Waals surface area contributed by atoms with Crippen molar-refractivity contribution < 1.29 is 4.79 Å². The molecule has 10 heteroatoms. The second-order valence-corrected chi connectivity index (χ2v) is 8.09. The molecule has 4 aromatic rings. The lowest BCUT2D eigenvalue weighted by Gasteiger charge is -2.21. The third-order valence-electron chi connectivity index (χ3n) is 4.70. The van der Waals surface area contributed by atoms with Crippen LogP contribution in [0.15, 0.2) is 64.2 Å². The topological polar surface area (TPSA) is 126 Å². The Hall–Kier alpha value is -3.79. The molecule has 0 saturated heterocycles. The zero-order valence-electron chi connectivity index (χ0n) is 16.2. The van der Waals surface area contributed by atoms with Gasteiger partial charge in [-0.2, -0.15) is 0 Å². The van der Waals surface area contributed by atoms with E-state index in [0.717, 1.165) is 15.3 Å². The van der Waals surface area contributed by atoms with Crippen LogP contribution in [0.25, 0.3) is 5.69 Å². The van der Waals surface area contributed by atoms with Gasteiger partial charge in [0.05, 0.1) is 5.69 Å². The van der Waals surface area contributed by atoms with Crippen LogP contribution in [0.4, 0.5) is 5.13 Å². The van der Waals surface area contributed by atoms with Gasteiger partial charge in [0.25, 0.3) is 5.91 Å². The Morgan fingerprint density at radius 3 is 2.37 bits per heavy atom. The second-order valence-electron chi connectivity index (χ2n) is 7.11. The van der Waals surface area contributed by atoms with Crippen LogP contribution in [0, 0.1) is 0 Å². The van der Waals surface area contributed by atoms with Crippen molar-refractivity contribution in [3.05, 3.63) is 91.7 Å². The first-order chi connectivity index (χ1) is 14.3. The molecule has 0 aliphatic rings. The molecule has 2 aromatic carbocycles. The van der Waals surface area contributed by atoms with Gasteiger partial charge in [0, 0.05) is 11.0 Å². The van der Waals surface area contributed by atoms with Crippen molar-refractivity contribution in [3.63, 3.8) is 0 Å². The van der Waals surface area contributed by atoms with Crippen molar-refractivity contribution in [1.82, 2.24) is 25.0 Å². The van der Waals surface area contributed by atoms with E-state index in [1.807, 2.05) is 30.3 Å². The zero-order valence-corrected chi connectivity index (χ0v) is 17.0. The van der Waals surface area contributed by atoms with Crippen LogP contribution in [0.1, 0.15) is 34.8 Å². The van der Waals surface area contributed by atoms with E-state index in [2.05, 4.69) is 39.4 Å². The number of hydrogen-bond acceptors (Lipinski definition) is 6. The highest BCUT2D eigenvalue weighted by atomic mass is 32.1. The molecular weight excluding hydrogens is 404 g/mol. The predicted molar refractivity (Wildman–Crippen MR) is 113 cm³/mol. The van der Waals surface area contributed by atoms with Crippen LogP contribution >= 0.6 is 11.3 Å². The minimum atomic E-state index is -0.604. The van der Waals surface area contributed by atoms with Crippen LogP contribution in [0.2, 0.25) is 0 Å². The summed E-state index contributed by atoms with van der Waals surface area (Å²) < 4.78 is 1.06. The van der Waals surface area contributed by atoms with E-state index in [0.29, 0.717) is 16.4 Å². The lowest BCUT2D eigenvalue weighted by Crippen LogP contribution is -2.18. The number of hydrogen-bond donors (Lipinski definition) is 3. The van der Waals surface area contributed by atoms with Crippen molar-refractivity contribution >= 4 is 22.4 Å². The van der Waals surface area contributed by atoms with E-state index >= 15 is 0 Å². The Labute approximate surface area is 174 Å². The van der Waals surface area contributed by atoms with Gasteiger partial charge in [-0.15, -0.1) is 10.2 Å². The second kappa shape index (κ2) is 7.56. The summed E-state index contributed by atoms with van der Waals surface area (Å²) >= 11 is 1.32. The number of nitrogens with one attached hydrogen (secondary N) is 3. The van der Waals surface area contributed by atoms with Crippen molar-refractivity contribution in [3.8, 4) is 5.69 Å². The summed E-state index contributed by atoms with van der Waals surface area (Å²) in [6.07, 6.45) is 0. The summed E-state index contributed by atoms with van der Waals surface area (Å²) in [6, 6.07) is 16.2. The average molecular weight is 422 g/mol. The van der Waals surface area contributed by atoms with Gasteiger partial charge in [-0.3, -0.25) is 15.1 Å². The number of carbonyl (C=O) groups excluding carboxylic acids is 1. The molecule has 0 aliphatic heterocycles. The number of H-pyrrole nitrogens is 2. The highest BCUT2D eigenvalue weighted by molar-refractivity contribution is 7.15. The van der Waals surface area contributed by atoms with E-state index in [1.54, 1.807) is 24.3 Å². The first-order valence-corrected chi connectivity index (χ1v) is 9.89. The molecule has 30 heavy (non-hydrogen) atoms. The molecule has 1 amide bonds. The number of rotatable bonds is 5. The van der Waals surface area contributed by atoms with Crippen molar-refractivity contribution in [1.29, 1.82) is 0 Å². The lowest BCUT2D eigenvalue weighted by atomic mass is 9.85. The van der Waals surface area contributed by atoms with Gasteiger partial charge >= 0.3 is 11.4 Å². The number of carbonyl (C=O) groups is 1. The Morgan fingerprint density at radius 2 is 1.73 bits per heavy atom. The SMILES string of the molecule is CC(C)(c1ccccc1)c1nnc(NC(=O)c2ccc(-n3[nH]c(=O)[nH]c3=O)cc2)s1. The van der Waals surface area contributed by atoms with Crippen LogP contribution in [0.3, 0.4) is 0 Å². The summed E-state index contributed by atoms with van der Waals surface area (Å²) in [5, 5.41) is 14.6. The van der Waals surface area contributed by atoms with Gasteiger partial charge < -0.3 is 0 Å². The number of aromatic amines is 2. The fourth-order valence-corrected chi connectivity index (χ4v) is 3.81. The number of aromatic nitrogens is 5. The quantitative estimate of drug-likeness (QED) is 0.455. The maximum atomic E-state index is 12.6. The molecule has 2 heterocycles.